The average Bonchev–Trinajstić information content (AvgIpc) is 3.31. The van der Waals surface area contributed by atoms with E-state index in [-0.39, 0.29) is 31.2 Å². The predicted molar refractivity (Wildman–Crippen MR) is 100 cm³/mol. The lowest BCUT2D eigenvalue weighted by atomic mass is 10.1. The Morgan fingerprint density at radius 2 is 1.82 bits per heavy atom. The Labute approximate surface area is 161 Å². The highest BCUT2D eigenvalue weighted by Crippen LogP contribution is 2.22. The van der Waals surface area contributed by atoms with Crippen LogP contribution in [0.1, 0.15) is 35.8 Å². The van der Waals surface area contributed by atoms with E-state index >= 15 is 0 Å². The third-order valence-corrected chi connectivity index (χ3v) is 5.40. The number of rotatable bonds is 3. The summed E-state index contributed by atoms with van der Waals surface area (Å²) in [5, 5.41) is 13.8. The molecule has 2 aromatic rings. The molecule has 2 aliphatic rings. The first-order valence-corrected chi connectivity index (χ1v) is 9.44. The molecule has 1 atom stereocenters. The number of carbonyl (C=O) groups excluding carboxylic acids is 1. The van der Waals surface area contributed by atoms with Gasteiger partial charge in [-0.3, -0.25) is 14.3 Å². The number of likely N-dealkylation sites (tertiary alicyclic amines) is 1. The predicted octanol–water partition coefficient (Wildman–Crippen LogP) is 1.06. The van der Waals surface area contributed by atoms with Crippen LogP contribution in [0.3, 0.4) is 0 Å². The number of carbonyl (C=O) groups is 2. The summed E-state index contributed by atoms with van der Waals surface area (Å²) in [7, 11) is 0. The number of hydrogen-bond acceptors (Lipinski definition) is 4. The maximum absolute atomic E-state index is 13.0. The molecule has 1 aromatic carbocycles. The molecule has 1 saturated heterocycles. The molecular formula is C19H23N5O4. The molecule has 1 aromatic heterocycles. The third-order valence-electron chi connectivity index (χ3n) is 5.40. The molecule has 0 saturated carbocycles. The fourth-order valence-electron chi connectivity index (χ4n) is 3.86. The van der Waals surface area contributed by atoms with Crippen LogP contribution in [-0.4, -0.2) is 60.9 Å². The molecule has 1 unspecified atom stereocenters. The standard InChI is InChI=1S/C19H23N5O4/c1-13-4-6-14(7-5-13)10-23-18(26)24-15(17(25)21-8-2-3-9-21)11-22(19(27)28)12-16(24)20-23/h4-7,15H,2-3,8-12H2,1H3,(H,27,28). The van der Waals surface area contributed by atoms with Gasteiger partial charge in [0, 0.05) is 13.1 Å². The van der Waals surface area contributed by atoms with Crippen LogP contribution in [0.25, 0.3) is 0 Å². The van der Waals surface area contributed by atoms with Gasteiger partial charge in [-0.2, -0.15) is 5.10 Å². The van der Waals surface area contributed by atoms with Crippen molar-refractivity contribution >= 4 is 12.0 Å². The zero-order chi connectivity index (χ0) is 19.8. The molecule has 9 nitrogen and oxygen atoms in total. The molecule has 0 aliphatic carbocycles. The number of amides is 2. The number of aryl methyl sites for hydroxylation is 1. The zero-order valence-corrected chi connectivity index (χ0v) is 15.7. The molecule has 0 bridgehead atoms. The van der Waals surface area contributed by atoms with Crippen molar-refractivity contribution in [3.05, 3.63) is 51.7 Å². The highest BCUT2D eigenvalue weighted by Gasteiger charge is 2.38. The van der Waals surface area contributed by atoms with Crippen LogP contribution in [0.2, 0.25) is 0 Å². The topological polar surface area (TPSA) is 101 Å². The van der Waals surface area contributed by atoms with Crippen LogP contribution in [0.4, 0.5) is 4.79 Å². The summed E-state index contributed by atoms with van der Waals surface area (Å²) in [6.45, 7) is 3.51. The SMILES string of the molecule is Cc1ccc(Cn2nc3n(c2=O)C(C(=O)N2CCCC2)CN(C(=O)O)C3)cc1. The number of aromatic nitrogens is 3. The first kappa shape index (κ1) is 18.3. The maximum Gasteiger partial charge on any atom is 0.407 e. The summed E-state index contributed by atoms with van der Waals surface area (Å²) >= 11 is 0. The number of hydrogen-bond donors (Lipinski definition) is 1. The molecule has 3 heterocycles. The molecule has 0 radical (unpaired) electrons. The van der Waals surface area contributed by atoms with E-state index in [4.69, 9.17) is 0 Å². The highest BCUT2D eigenvalue weighted by atomic mass is 16.4. The molecule has 2 aliphatic heterocycles. The molecule has 0 spiro atoms. The van der Waals surface area contributed by atoms with Gasteiger partial charge in [0.2, 0.25) is 5.91 Å². The number of carboxylic acid groups (broad SMARTS) is 1. The van der Waals surface area contributed by atoms with Crippen molar-refractivity contribution in [2.75, 3.05) is 19.6 Å². The fourth-order valence-corrected chi connectivity index (χ4v) is 3.86. The molecule has 1 N–H and O–H groups in total. The largest absolute Gasteiger partial charge is 0.465 e. The van der Waals surface area contributed by atoms with E-state index in [1.807, 2.05) is 31.2 Å². The van der Waals surface area contributed by atoms with E-state index in [0.717, 1.165) is 28.9 Å². The monoisotopic (exact) mass is 385 g/mol. The minimum absolute atomic E-state index is 0.00471. The van der Waals surface area contributed by atoms with Gasteiger partial charge in [-0.05, 0) is 25.3 Å². The van der Waals surface area contributed by atoms with Gasteiger partial charge in [0.1, 0.15) is 6.04 Å². The van der Waals surface area contributed by atoms with E-state index in [1.165, 1.54) is 9.25 Å². The Morgan fingerprint density at radius 3 is 2.46 bits per heavy atom. The van der Waals surface area contributed by atoms with Gasteiger partial charge in [-0.25, -0.2) is 14.3 Å². The van der Waals surface area contributed by atoms with Crippen LogP contribution in [0, 0.1) is 6.92 Å². The summed E-state index contributed by atoms with van der Waals surface area (Å²) < 4.78 is 2.70. The van der Waals surface area contributed by atoms with Gasteiger partial charge in [0.25, 0.3) is 0 Å². The van der Waals surface area contributed by atoms with E-state index in [2.05, 4.69) is 5.10 Å². The average molecular weight is 385 g/mol. The smallest absolute Gasteiger partial charge is 0.407 e. The second kappa shape index (κ2) is 7.14. The minimum atomic E-state index is -1.12. The lowest BCUT2D eigenvalue weighted by Crippen LogP contribution is -2.49. The summed E-state index contributed by atoms with van der Waals surface area (Å²) in [6, 6.07) is 6.91. The van der Waals surface area contributed by atoms with Gasteiger partial charge in [0.15, 0.2) is 5.82 Å². The maximum atomic E-state index is 13.0. The number of benzene rings is 1. The van der Waals surface area contributed by atoms with Crippen LogP contribution in [0.5, 0.6) is 0 Å². The third kappa shape index (κ3) is 3.28. The van der Waals surface area contributed by atoms with Gasteiger partial charge < -0.3 is 10.0 Å². The first-order chi connectivity index (χ1) is 13.4. The van der Waals surface area contributed by atoms with Gasteiger partial charge >= 0.3 is 11.8 Å². The lowest BCUT2D eigenvalue weighted by Gasteiger charge is -2.32. The highest BCUT2D eigenvalue weighted by molar-refractivity contribution is 5.82. The van der Waals surface area contributed by atoms with Crippen molar-refractivity contribution in [3.63, 3.8) is 0 Å². The van der Waals surface area contributed by atoms with E-state index < -0.39 is 12.1 Å². The molecular weight excluding hydrogens is 362 g/mol. The molecule has 28 heavy (non-hydrogen) atoms. The first-order valence-electron chi connectivity index (χ1n) is 9.44. The molecule has 4 rings (SSSR count). The van der Waals surface area contributed by atoms with Crippen molar-refractivity contribution in [2.45, 2.75) is 38.9 Å². The fraction of sp³-hybridized carbons (Fsp3) is 0.474. The molecule has 1 fully saturated rings. The Hall–Kier alpha value is -3.10. The quantitative estimate of drug-likeness (QED) is 0.851. The summed E-state index contributed by atoms with van der Waals surface area (Å²) in [5.74, 6) is 0.102. The van der Waals surface area contributed by atoms with Crippen molar-refractivity contribution in [3.8, 4) is 0 Å². The summed E-state index contributed by atoms with van der Waals surface area (Å²) in [6.07, 6.45) is 0.733. The van der Waals surface area contributed by atoms with Crippen molar-refractivity contribution in [2.24, 2.45) is 0 Å². The van der Waals surface area contributed by atoms with Crippen LogP contribution >= 0.6 is 0 Å². The normalized spacial score (nSPS) is 19.0. The molecule has 148 valence electrons. The molecule has 9 heteroatoms. The van der Waals surface area contributed by atoms with E-state index in [9.17, 15) is 19.5 Å². The van der Waals surface area contributed by atoms with Gasteiger partial charge in [-0.1, -0.05) is 29.8 Å². The summed E-state index contributed by atoms with van der Waals surface area (Å²) in [4.78, 5) is 40.4. The van der Waals surface area contributed by atoms with E-state index in [1.54, 1.807) is 4.90 Å². The number of fused-ring (bicyclic) bond motifs is 1. The van der Waals surface area contributed by atoms with Crippen molar-refractivity contribution in [1.29, 1.82) is 0 Å². The minimum Gasteiger partial charge on any atom is -0.465 e. The van der Waals surface area contributed by atoms with Crippen molar-refractivity contribution < 1.29 is 14.7 Å². The van der Waals surface area contributed by atoms with Crippen molar-refractivity contribution in [1.82, 2.24) is 24.1 Å². The Bertz CT molecular complexity index is 956. The van der Waals surface area contributed by atoms with Gasteiger partial charge in [-0.15, -0.1) is 0 Å². The second-order valence-corrected chi connectivity index (χ2v) is 7.42. The van der Waals surface area contributed by atoms with Crippen LogP contribution < -0.4 is 5.69 Å². The lowest BCUT2D eigenvalue weighted by molar-refractivity contribution is -0.134. The summed E-state index contributed by atoms with van der Waals surface area (Å²) in [5.41, 5.74) is 1.66. The Balaban J connectivity index is 1.69. The zero-order valence-electron chi connectivity index (χ0n) is 15.7. The second-order valence-electron chi connectivity index (χ2n) is 7.42. The Kier molecular flexibility index (Phi) is 4.66. The van der Waals surface area contributed by atoms with Gasteiger partial charge in [0.05, 0.1) is 19.6 Å². The Morgan fingerprint density at radius 1 is 1.14 bits per heavy atom. The van der Waals surface area contributed by atoms with Crippen LogP contribution in [-0.2, 0) is 17.9 Å². The number of nitrogens with zero attached hydrogens (tertiary/aromatic N) is 5. The van der Waals surface area contributed by atoms with E-state index in [0.29, 0.717) is 18.9 Å². The molecule has 2 amide bonds. The van der Waals surface area contributed by atoms with Crippen LogP contribution in [0.15, 0.2) is 29.1 Å².